The van der Waals surface area contributed by atoms with Crippen LogP contribution in [0.4, 0.5) is 0 Å². The molecular weight excluding hydrogens is 498 g/mol. The van der Waals surface area contributed by atoms with Gasteiger partial charge in [-0.15, -0.1) is 9.09 Å². The molecule has 2 aromatic heterocycles. The third-order valence-electron chi connectivity index (χ3n) is 5.81. The summed E-state index contributed by atoms with van der Waals surface area (Å²) in [6.07, 6.45) is 2.36. The van der Waals surface area contributed by atoms with Crippen LogP contribution in [0.2, 0.25) is 0 Å². The zero-order valence-corrected chi connectivity index (χ0v) is 21.7. The van der Waals surface area contributed by atoms with Gasteiger partial charge in [-0.1, -0.05) is 44.2 Å². The summed E-state index contributed by atoms with van der Waals surface area (Å²) in [6.45, 7) is 3.32. The van der Waals surface area contributed by atoms with E-state index in [1.54, 1.807) is 60.4 Å². The van der Waals surface area contributed by atoms with Gasteiger partial charge in [-0.05, 0) is 35.2 Å². The maximum Gasteiger partial charge on any atom is 0.349 e. The molecule has 0 fully saturated rings. The average Bonchev–Trinajstić information content (AvgIpc) is 3.26. The average molecular weight is 526 g/mol. The molecule has 0 radical (unpaired) electrons. The molecule has 0 saturated carbocycles. The van der Waals surface area contributed by atoms with Crippen molar-refractivity contribution in [2.45, 2.75) is 26.4 Å². The Bertz CT molecular complexity index is 1690. The van der Waals surface area contributed by atoms with Crippen LogP contribution in [-0.2, 0) is 33.2 Å². The van der Waals surface area contributed by atoms with E-state index in [4.69, 9.17) is 4.74 Å². The van der Waals surface area contributed by atoms with Crippen molar-refractivity contribution >= 4 is 26.8 Å². The molecule has 12 heteroatoms. The van der Waals surface area contributed by atoms with Crippen LogP contribution >= 0.6 is 0 Å². The summed E-state index contributed by atoms with van der Waals surface area (Å²) in [6, 6.07) is 14.0. The van der Waals surface area contributed by atoms with Gasteiger partial charge in [0.15, 0.2) is 0 Å². The minimum atomic E-state index is -4.37. The fourth-order valence-electron chi connectivity index (χ4n) is 4.10. The van der Waals surface area contributed by atoms with E-state index in [0.29, 0.717) is 10.2 Å². The van der Waals surface area contributed by atoms with Crippen LogP contribution < -0.4 is 15.7 Å². The Morgan fingerprint density at radius 3 is 2.43 bits per heavy atom. The summed E-state index contributed by atoms with van der Waals surface area (Å²) in [5, 5.41) is 4.23. The van der Waals surface area contributed by atoms with E-state index in [1.165, 1.54) is 0 Å². The number of aromatic nitrogens is 4. The number of H-pyrrole nitrogens is 1. The molecule has 11 nitrogen and oxygen atoms in total. The number of aromatic amines is 1. The first-order chi connectivity index (χ1) is 17.5. The SMILES string of the molecule is CC(C)c1cc2[nH]c(=O)n(N(C(=O)COCc3ccccc3)S(C)(=O)=O)c(=O)c2cc1-c1ccnn1C. The molecule has 0 unspecified atom stereocenters. The number of carbonyl (C=O) groups excluding carboxylic acids is 1. The van der Waals surface area contributed by atoms with Crippen LogP contribution in [0.3, 0.4) is 0 Å². The molecular formula is C25H27N5O6S. The van der Waals surface area contributed by atoms with Crippen molar-refractivity contribution in [3.8, 4) is 11.3 Å². The van der Waals surface area contributed by atoms with Crippen LogP contribution in [0.15, 0.2) is 64.3 Å². The first-order valence-corrected chi connectivity index (χ1v) is 13.3. The maximum atomic E-state index is 13.5. The van der Waals surface area contributed by atoms with E-state index in [-0.39, 0.29) is 27.8 Å². The first kappa shape index (κ1) is 26.0. The predicted molar refractivity (Wildman–Crippen MR) is 139 cm³/mol. The van der Waals surface area contributed by atoms with Crippen LogP contribution in [0.1, 0.15) is 30.9 Å². The zero-order valence-electron chi connectivity index (χ0n) is 20.8. The summed E-state index contributed by atoms with van der Waals surface area (Å²) in [5.41, 5.74) is 1.25. The third kappa shape index (κ3) is 5.25. The normalized spacial score (nSPS) is 11.8. The lowest BCUT2D eigenvalue weighted by molar-refractivity contribution is -0.123. The molecule has 4 aromatic rings. The lowest BCUT2D eigenvalue weighted by Gasteiger charge is -2.22. The maximum absolute atomic E-state index is 13.5. The fourth-order valence-corrected chi connectivity index (χ4v) is 4.97. The van der Waals surface area contributed by atoms with E-state index < -0.39 is 33.8 Å². The molecule has 0 aliphatic heterocycles. The molecule has 0 aliphatic carbocycles. The zero-order chi connectivity index (χ0) is 26.9. The van der Waals surface area contributed by atoms with Gasteiger partial charge in [0.2, 0.25) is 0 Å². The standard InChI is InChI=1S/C25H27N5O6S/c1-16(2)18-13-21-20(12-19(18)22-10-11-26-28(22)3)24(32)29(25(33)27-21)30(37(4,34)35)23(31)15-36-14-17-8-6-5-7-9-17/h5-13,16H,14-15H2,1-4H3,(H,27,33). The molecule has 0 atom stereocenters. The number of benzene rings is 2. The number of sulfonamides is 1. The molecule has 2 heterocycles. The molecule has 0 saturated heterocycles. The second-order valence-corrected chi connectivity index (χ2v) is 10.7. The smallest absolute Gasteiger partial charge is 0.349 e. The first-order valence-electron chi connectivity index (χ1n) is 11.5. The molecule has 37 heavy (non-hydrogen) atoms. The summed E-state index contributed by atoms with van der Waals surface area (Å²) >= 11 is 0. The summed E-state index contributed by atoms with van der Waals surface area (Å²) in [7, 11) is -2.62. The molecule has 0 aliphatic rings. The lowest BCUT2D eigenvalue weighted by atomic mass is 9.93. The molecule has 2 aromatic carbocycles. The second kappa shape index (κ2) is 10.1. The topological polar surface area (TPSA) is 136 Å². The van der Waals surface area contributed by atoms with Crippen LogP contribution in [0.5, 0.6) is 0 Å². The number of hydrogen-bond donors (Lipinski definition) is 1. The summed E-state index contributed by atoms with van der Waals surface area (Å²) < 4.78 is 32.7. The van der Waals surface area contributed by atoms with Gasteiger partial charge in [-0.25, -0.2) is 13.2 Å². The van der Waals surface area contributed by atoms with Gasteiger partial charge in [-0.3, -0.25) is 14.3 Å². The third-order valence-corrected chi connectivity index (χ3v) is 6.81. The Balaban J connectivity index is 1.82. The number of nitrogens with zero attached hydrogens (tertiary/aromatic N) is 4. The number of hydrogen-bond acceptors (Lipinski definition) is 7. The van der Waals surface area contributed by atoms with Crippen molar-refractivity contribution in [1.29, 1.82) is 0 Å². The van der Waals surface area contributed by atoms with Crippen molar-refractivity contribution in [3.63, 3.8) is 0 Å². The molecule has 194 valence electrons. The van der Waals surface area contributed by atoms with Gasteiger partial charge in [0.25, 0.3) is 21.5 Å². The van der Waals surface area contributed by atoms with Crippen molar-refractivity contribution in [2.75, 3.05) is 17.3 Å². The highest BCUT2D eigenvalue weighted by atomic mass is 32.2. The van der Waals surface area contributed by atoms with Gasteiger partial charge < -0.3 is 9.72 Å². The van der Waals surface area contributed by atoms with E-state index in [0.717, 1.165) is 23.1 Å². The Morgan fingerprint density at radius 2 is 1.84 bits per heavy atom. The number of fused-ring (bicyclic) bond motifs is 1. The van der Waals surface area contributed by atoms with Gasteiger partial charge >= 0.3 is 5.69 Å². The minimum absolute atomic E-state index is 0.0341. The van der Waals surface area contributed by atoms with Crippen LogP contribution in [0.25, 0.3) is 22.2 Å². The molecule has 0 bridgehead atoms. The Kier molecular flexibility index (Phi) is 7.14. The lowest BCUT2D eigenvalue weighted by Crippen LogP contribution is -2.56. The Hall–Kier alpha value is -4.03. The Labute approximate surface area is 212 Å². The summed E-state index contributed by atoms with van der Waals surface area (Å²) in [4.78, 5) is 42.0. The van der Waals surface area contributed by atoms with Crippen molar-refractivity contribution in [2.24, 2.45) is 7.05 Å². The predicted octanol–water partition coefficient (Wildman–Crippen LogP) is 1.85. The largest absolute Gasteiger partial charge is 0.367 e. The number of amides is 1. The van der Waals surface area contributed by atoms with Crippen LogP contribution in [-0.4, -0.2) is 46.6 Å². The molecule has 1 N–H and O–H groups in total. The van der Waals surface area contributed by atoms with E-state index in [1.807, 2.05) is 19.9 Å². The Morgan fingerprint density at radius 1 is 1.14 bits per heavy atom. The molecule has 0 spiro atoms. The second-order valence-electron chi connectivity index (χ2n) is 8.90. The number of rotatable bonds is 8. The quantitative estimate of drug-likeness (QED) is 0.371. The van der Waals surface area contributed by atoms with Gasteiger partial charge in [0.1, 0.15) is 6.61 Å². The minimum Gasteiger partial charge on any atom is -0.367 e. The molecule has 1 amide bonds. The van der Waals surface area contributed by atoms with Crippen LogP contribution in [0, 0.1) is 0 Å². The highest BCUT2D eigenvalue weighted by molar-refractivity contribution is 7.92. The van der Waals surface area contributed by atoms with Gasteiger partial charge in [-0.2, -0.15) is 5.10 Å². The monoisotopic (exact) mass is 525 g/mol. The van der Waals surface area contributed by atoms with Gasteiger partial charge in [0, 0.05) is 18.8 Å². The van der Waals surface area contributed by atoms with E-state index in [9.17, 15) is 22.8 Å². The fraction of sp³-hybridized carbons (Fsp3) is 0.280. The van der Waals surface area contributed by atoms with Crippen molar-refractivity contribution in [1.82, 2.24) is 19.4 Å². The van der Waals surface area contributed by atoms with E-state index in [2.05, 4.69) is 10.1 Å². The number of aryl methyl sites for hydroxylation is 1. The number of carbonyl (C=O) groups is 1. The number of ether oxygens (including phenoxy) is 1. The van der Waals surface area contributed by atoms with Crippen molar-refractivity contribution in [3.05, 3.63) is 86.7 Å². The highest BCUT2D eigenvalue weighted by Crippen LogP contribution is 2.31. The van der Waals surface area contributed by atoms with E-state index >= 15 is 0 Å². The van der Waals surface area contributed by atoms with Gasteiger partial charge in [0.05, 0.1) is 29.5 Å². The molecule has 4 rings (SSSR count). The van der Waals surface area contributed by atoms with Crippen molar-refractivity contribution < 1.29 is 17.9 Å². The highest BCUT2D eigenvalue weighted by Gasteiger charge is 2.30. The summed E-state index contributed by atoms with van der Waals surface area (Å²) in [5.74, 6) is -1.05. The number of nitrogens with one attached hydrogen (secondary N) is 1.